The summed E-state index contributed by atoms with van der Waals surface area (Å²) < 4.78 is 20.7. The van der Waals surface area contributed by atoms with Gasteiger partial charge < -0.3 is 10.1 Å². The fraction of sp³-hybridized carbons (Fsp3) is 0.174. The highest BCUT2D eigenvalue weighted by atomic mass is 35.5. The van der Waals surface area contributed by atoms with E-state index in [9.17, 15) is 4.39 Å². The van der Waals surface area contributed by atoms with Crippen LogP contribution < -0.4 is 10.1 Å². The van der Waals surface area contributed by atoms with Crippen LogP contribution in [0.3, 0.4) is 0 Å². The standard InChI is InChI=1S/C23H22FN5OS.ClH/c24-20-12-10-18(11-13-20)17-30-22-9-5-4-6-19(22)16-25-14-15-31-23-26-27-28-29(23)21-7-2-1-3-8-21;/h1-13,25H,14-17H2;1H. The summed E-state index contributed by atoms with van der Waals surface area (Å²) >= 11 is 1.60. The van der Waals surface area contributed by atoms with Gasteiger partial charge in [0, 0.05) is 24.4 Å². The normalized spacial score (nSPS) is 10.5. The first-order valence-corrected chi connectivity index (χ1v) is 10.9. The van der Waals surface area contributed by atoms with Gasteiger partial charge in [-0.25, -0.2) is 4.39 Å². The average Bonchev–Trinajstić information content (AvgIpc) is 3.28. The Morgan fingerprint density at radius 2 is 1.69 bits per heavy atom. The van der Waals surface area contributed by atoms with Crippen LogP contribution in [-0.4, -0.2) is 32.5 Å². The Balaban J connectivity index is 0.00000289. The predicted molar refractivity (Wildman–Crippen MR) is 126 cm³/mol. The molecule has 166 valence electrons. The number of nitrogens with zero attached hydrogens (tertiary/aromatic N) is 4. The van der Waals surface area contributed by atoms with Gasteiger partial charge in [-0.2, -0.15) is 4.68 Å². The quantitative estimate of drug-likeness (QED) is 0.267. The molecule has 0 spiro atoms. The first-order chi connectivity index (χ1) is 15.3. The van der Waals surface area contributed by atoms with E-state index in [1.54, 1.807) is 28.6 Å². The van der Waals surface area contributed by atoms with Crippen LogP contribution in [0.1, 0.15) is 11.1 Å². The number of nitrogens with one attached hydrogen (secondary N) is 1. The van der Waals surface area contributed by atoms with Gasteiger partial charge in [-0.3, -0.25) is 0 Å². The predicted octanol–water partition coefficient (Wildman–Crippen LogP) is 4.68. The Morgan fingerprint density at radius 3 is 2.50 bits per heavy atom. The van der Waals surface area contributed by atoms with Crippen molar-refractivity contribution in [3.8, 4) is 11.4 Å². The summed E-state index contributed by atoms with van der Waals surface area (Å²) in [6.07, 6.45) is 0. The maximum atomic E-state index is 13.1. The lowest BCUT2D eigenvalue weighted by Gasteiger charge is -2.12. The van der Waals surface area contributed by atoms with Gasteiger partial charge in [-0.15, -0.1) is 17.5 Å². The molecule has 0 bridgehead atoms. The summed E-state index contributed by atoms with van der Waals surface area (Å²) in [5.41, 5.74) is 2.94. The molecule has 0 aliphatic heterocycles. The van der Waals surface area contributed by atoms with Crippen molar-refractivity contribution in [3.63, 3.8) is 0 Å². The monoisotopic (exact) mass is 471 g/mol. The van der Waals surface area contributed by atoms with Gasteiger partial charge in [0.05, 0.1) is 5.69 Å². The molecule has 0 aliphatic carbocycles. The van der Waals surface area contributed by atoms with Gasteiger partial charge in [-0.05, 0) is 46.3 Å². The maximum Gasteiger partial charge on any atom is 0.214 e. The lowest BCUT2D eigenvalue weighted by atomic mass is 10.2. The van der Waals surface area contributed by atoms with Crippen LogP contribution in [0, 0.1) is 5.82 Å². The number of para-hydroxylation sites is 2. The molecule has 1 heterocycles. The van der Waals surface area contributed by atoms with Crippen LogP contribution in [0.2, 0.25) is 0 Å². The van der Waals surface area contributed by atoms with E-state index in [1.807, 2.05) is 54.6 Å². The van der Waals surface area contributed by atoms with Gasteiger partial charge in [0.1, 0.15) is 18.2 Å². The van der Waals surface area contributed by atoms with Gasteiger partial charge in [-0.1, -0.05) is 60.3 Å². The number of thioether (sulfide) groups is 1. The molecule has 4 rings (SSSR count). The number of tetrazole rings is 1. The molecule has 32 heavy (non-hydrogen) atoms. The first-order valence-electron chi connectivity index (χ1n) is 9.92. The van der Waals surface area contributed by atoms with E-state index < -0.39 is 0 Å². The number of aromatic nitrogens is 4. The van der Waals surface area contributed by atoms with E-state index in [0.717, 1.165) is 40.0 Å². The third-order valence-electron chi connectivity index (χ3n) is 4.55. The Bertz CT molecular complexity index is 1100. The molecule has 1 aromatic heterocycles. The molecule has 0 saturated carbocycles. The molecule has 0 amide bonds. The molecule has 3 aromatic carbocycles. The third kappa shape index (κ3) is 6.53. The van der Waals surface area contributed by atoms with Crippen LogP contribution in [0.5, 0.6) is 5.75 Å². The number of hydrogen-bond acceptors (Lipinski definition) is 6. The zero-order chi connectivity index (χ0) is 21.3. The molecule has 0 aliphatic rings. The van der Waals surface area contributed by atoms with Crippen molar-refractivity contribution in [1.29, 1.82) is 0 Å². The summed E-state index contributed by atoms with van der Waals surface area (Å²) in [6.45, 7) is 1.87. The average molecular weight is 472 g/mol. The molecular weight excluding hydrogens is 449 g/mol. The van der Waals surface area contributed by atoms with E-state index in [2.05, 4.69) is 20.8 Å². The zero-order valence-electron chi connectivity index (χ0n) is 17.2. The Morgan fingerprint density at radius 1 is 0.938 bits per heavy atom. The topological polar surface area (TPSA) is 64.9 Å². The molecule has 1 N–H and O–H groups in total. The van der Waals surface area contributed by atoms with Gasteiger partial charge in [0.2, 0.25) is 5.16 Å². The second-order valence-electron chi connectivity index (χ2n) is 6.76. The molecule has 6 nitrogen and oxygen atoms in total. The van der Waals surface area contributed by atoms with Crippen LogP contribution in [-0.2, 0) is 13.2 Å². The fourth-order valence-electron chi connectivity index (χ4n) is 2.97. The molecule has 0 atom stereocenters. The van der Waals surface area contributed by atoms with Crippen molar-refractivity contribution in [2.45, 2.75) is 18.3 Å². The highest BCUT2D eigenvalue weighted by molar-refractivity contribution is 7.99. The van der Waals surface area contributed by atoms with E-state index in [0.29, 0.717) is 13.2 Å². The van der Waals surface area contributed by atoms with E-state index in [-0.39, 0.29) is 18.2 Å². The van der Waals surface area contributed by atoms with E-state index >= 15 is 0 Å². The molecule has 4 aromatic rings. The Kier molecular flexibility index (Phi) is 9.03. The zero-order valence-corrected chi connectivity index (χ0v) is 18.9. The van der Waals surface area contributed by atoms with Crippen molar-refractivity contribution in [3.05, 3.63) is 95.8 Å². The van der Waals surface area contributed by atoms with Gasteiger partial charge in [0.25, 0.3) is 0 Å². The second kappa shape index (κ2) is 12.2. The molecule has 0 radical (unpaired) electrons. The minimum atomic E-state index is -0.246. The number of halogens is 2. The van der Waals surface area contributed by atoms with Crippen molar-refractivity contribution in [2.75, 3.05) is 12.3 Å². The SMILES string of the molecule is Cl.Fc1ccc(COc2ccccc2CNCCSc2nnnn2-c2ccccc2)cc1. The lowest BCUT2D eigenvalue weighted by molar-refractivity contribution is 0.302. The minimum Gasteiger partial charge on any atom is -0.489 e. The molecule has 0 saturated heterocycles. The summed E-state index contributed by atoms with van der Waals surface area (Å²) in [4.78, 5) is 0. The minimum absolute atomic E-state index is 0. The van der Waals surface area contributed by atoms with Crippen molar-refractivity contribution >= 4 is 24.2 Å². The molecular formula is C23H23ClFN5OS. The molecule has 9 heteroatoms. The first kappa shape index (κ1) is 23.7. The van der Waals surface area contributed by atoms with Crippen LogP contribution in [0.4, 0.5) is 4.39 Å². The third-order valence-corrected chi connectivity index (χ3v) is 5.47. The number of benzene rings is 3. The Hall–Kier alpha value is -2.94. The smallest absolute Gasteiger partial charge is 0.214 e. The molecule has 0 unspecified atom stereocenters. The number of hydrogen-bond donors (Lipinski definition) is 1. The Labute approximate surface area is 196 Å². The summed E-state index contributed by atoms with van der Waals surface area (Å²) in [5.74, 6) is 1.40. The van der Waals surface area contributed by atoms with Crippen LogP contribution in [0.25, 0.3) is 5.69 Å². The highest BCUT2D eigenvalue weighted by Crippen LogP contribution is 2.20. The van der Waals surface area contributed by atoms with E-state index in [1.165, 1.54) is 12.1 Å². The summed E-state index contributed by atoms with van der Waals surface area (Å²) in [6, 6.07) is 24.1. The maximum absolute atomic E-state index is 13.1. The number of rotatable bonds is 10. The second-order valence-corrected chi connectivity index (χ2v) is 7.82. The van der Waals surface area contributed by atoms with Crippen molar-refractivity contribution in [2.24, 2.45) is 0 Å². The van der Waals surface area contributed by atoms with Crippen molar-refractivity contribution < 1.29 is 9.13 Å². The van der Waals surface area contributed by atoms with E-state index in [4.69, 9.17) is 4.74 Å². The molecule has 0 fully saturated rings. The summed E-state index contributed by atoms with van der Waals surface area (Å²) in [7, 11) is 0. The summed E-state index contributed by atoms with van der Waals surface area (Å²) in [5, 5.41) is 16.2. The van der Waals surface area contributed by atoms with Crippen molar-refractivity contribution in [1.82, 2.24) is 25.5 Å². The van der Waals surface area contributed by atoms with Crippen LogP contribution >= 0.6 is 24.2 Å². The highest BCUT2D eigenvalue weighted by Gasteiger charge is 2.08. The van der Waals surface area contributed by atoms with Crippen LogP contribution in [0.15, 0.2) is 84.0 Å². The number of ether oxygens (including phenoxy) is 1. The van der Waals surface area contributed by atoms with Gasteiger partial charge in [0.15, 0.2) is 0 Å². The largest absolute Gasteiger partial charge is 0.489 e. The fourth-order valence-corrected chi connectivity index (χ4v) is 3.76. The van der Waals surface area contributed by atoms with Gasteiger partial charge >= 0.3 is 0 Å². The lowest BCUT2D eigenvalue weighted by Crippen LogP contribution is -2.17.